The fourth-order valence-electron chi connectivity index (χ4n) is 1.22. The minimum atomic E-state index is 0.295. The minimum Gasteiger partial charge on any atom is -0.382 e. The summed E-state index contributed by atoms with van der Waals surface area (Å²) in [5.74, 6) is 0.689. The van der Waals surface area contributed by atoms with Gasteiger partial charge in [0.05, 0.1) is 6.10 Å². The molecule has 0 saturated carbocycles. The van der Waals surface area contributed by atoms with E-state index < -0.39 is 0 Å². The first-order valence-corrected chi connectivity index (χ1v) is 4.34. The van der Waals surface area contributed by atoms with Gasteiger partial charge in [-0.25, -0.2) is 0 Å². The smallest absolute Gasteiger partial charge is 0.0558 e. The number of hydrogen-bond acceptors (Lipinski definition) is 2. The summed E-state index contributed by atoms with van der Waals surface area (Å²) in [6.45, 7) is 6.44. The summed E-state index contributed by atoms with van der Waals surface area (Å²) in [6.07, 6.45) is 2.35. The number of methoxy groups -OCH3 is 1. The lowest BCUT2D eigenvalue weighted by molar-refractivity contribution is 0.102. The Morgan fingerprint density at radius 2 is 1.73 bits per heavy atom. The van der Waals surface area contributed by atoms with Gasteiger partial charge in [0, 0.05) is 13.2 Å². The highest BCUT2D eigenvalue weighted by Gasteiger charge is 2.09. The predicted octanol–water partition coefficient (Wildman–Crippen LogP) is 1.78. The van der Waals surface area contributed by atoms with Crippen LogP contribution in [0.15, 0.2) is 0 Å². The summed E-state index contributed by atoms with van der Waals surface area (Å²) in [4.78, 5) is 0. The van der Waals surface area contributed by atoms with E-state index in [1.54, 1.807) is 7.11 Å². The van der Waals surface area contributed by atoms with Crippen molar-refractivity contribution in [2.45, 2.75) is 45.8 Å². The zero-order valence-electron chi connectivity index (χ0n) is 8.13. The molecular formula is C9H21NO. The molecule has 0 amide bonds. The molecule has 0 aliphatic heterocycles. The van der Waals surface area contributed by atoms with Gasteiger partial charge in [-0.1, -0.05) is 13.8 Å². The third-order valence-electron chi connectivity index (χ3n) is 1.81. The highest BCUT2D eigenvalue weighted by Crippen LogP contribution is 2.08. The second kappa shape index (κ2) is 5.56. The summed E-state index contributed by atoms with van der Waals surface area (Å²) < 4.78 is 5.12. The summed E-state index contributed by atoms with van der Waals surface area (Å²) in [5, 5.41) is 0. The van der Waals surface area contributed by atoms with Crippen molar-refractivity contribution in [1.29, 1.82) is 0 Å². The van der Waals surface area contributed by atoms with Crippen molar-refractivity contribution < 1.29 is 4.74 Å². The van der Waals surface area contributed by atoms with Crippen molar-refractivity contribution in [1.82, 2.24) is 0 Å². The van der Waals surface area contributed by atoms with Gasteiger partial charge in [0.25, 0.3) is 0 Å². The maximum Gasteiger partial charge on any atom is 0.0558 e. The Morgan fingerprint density at radius 3 is 2.09 bits per heavy atom. The molecule has 0 aliphatic carbocycles. The third kappa shape index (κ3) is 6.32. The van der Waals surface area contributed by atoms with E-state index in [1.807, 2.05) is 0 Å². The predicted molar refractivity (Wildman–Crippen MR) is 48.5 cm³/mol. The molecule has 0 aromatic heterocycles. The molecule has 0 aromatic rings. The Bertz CT molecular complexity index is 93.6. The van der Waals surface area contributed by atoms with Gasteiger partial charge >= 0.3 is 0 Å². The van der Waals surface area contributed by atoms with E-state index in [1.165, 1.54) is 0 Å². The van der Waals surface area contributed by atoms with Crippen LogP contribution in [0.25, 0.3) is 0 Å². The first-order chi connectivity index (χ1) is 5.06. The molecule has 0 rings (SSSR count). The van der Waals surface area contributed by atoms with Crippen molar-refractivity contribution in [3.63, 3.8) is 0 Å². The lowest BCUT2D eigenvalue weighted by atomic mass is 10.00. The highest BCUT2D eigenvalue weighted by atomic mass is 16.5. The van der Waals surface area contributed by atoms with Gasteiger partial charge in [0.2, 0.25) is 0 Å². The van der Waals surface area contributed by atoms with Crippen LogP contribution in [-0.4, -0.2) is 19.3 Å². The number of ether oxygens (including phenoxy) is 1. The zero-order valence-corrected chi connectivity index (χ0v) is 8.13. The van der Waals surface area contributed by atoms with Crippen LogP contribution in [0, 0.1) is 5.92 Å². The van der Waals surface area contributed by atoms with Gasteiger partial charge in [-0.15, -0.1) is 0 Å². The van der Waals surface area contributed by atoms with Gasteiger partial charge in [0.15, 0.2) is 0 Å². The van der Waals surface area contributed by atoms with Gasteiger partial charge in [-0.3, -0.25) is 0 Å². The molecule has 2 atom stereocenters. The Hall–Kier alpha value is -0.0800. The lowest BCUT2D eigenvalue weighted by Gasteiger charge is -2.17. The van der Waals surface area contributed by atoms with Gasteiger partial charge in [-0.05, 0) is 25.7 Å². The molecule has 0 aliphatic rings. The van der Waals surface area contributed by atoms with E-state index in [0.717, 1.165) is 12.8 Å². The van der Waals surface area contributed by atoms with Crippen molar-refractivity contribution in [3.05, 3.63) is 0 Å². The average molecular weight is 159 g/mol. The standard InChI is InChI=1S/C9H21NO/c1-7(2)5-9(10)6-8(3)11-4/h7-9H,5-6,10H2,1-4H3. The molecule has 11 heavy (non-hydrogen) atoms. The molecule has 2 nitrogen and oxygen atoms in total. The first-order valence-electron chi connectivity index (χ1n) is 4.34. The topological polar surface area (TPSA) is 35.2 Å². The van der Waals surface area contributed by atoms with Crippen LogP contribution in [0.3, 0.4) is 0 Å². The van der Waals surface area contributed by atoms with Crippen molar-refractivity contribution in [2.24, 2.45) is 11.7 Å². The van der Waals surface area contributed by atoms with Crippen LogP contribution in [0.2, 0.25) is 0 Å². The van der Waals surface area contributed by atoms with Crippen LogP contribution < -0.4 is 5.73 Å². The van der Waals surface area contributed by atoms with Crippen LogP contribution in [-0.2, 0) is 4.74 Å². The Kier molecular flexibility index (Phi) is 5.51. The largest absolute Gasteiger partial charge is 0.382 e. The van der Waals surface area contributed by atoms with Gasteiger partial charge < -0.3 is 10.5 Å². The molecule has 0 spiro atoms. The SMILES string of the molecule is COC(C)CC(N)CC(C)C. The summed E-state index contributed by atoms with van der Waals surface area (Å²) in [6, 6.07) is 0.296. The third-order valence-corrected chi connectivity index (χ3v) is 1.81. The van der Waals surface area contributed by atoms with Crippen molar-refractivity contribution in [3.8, 4) is 0 Å². The second-order valence-corrected chi connectivity index (χ2v) is 3.67. The molecule has 0 saturated heterocycles. The molecule has 0 aromatic carbocycles. The van der Waals surface area contributed by atoms with Crippen molar-refractivity contribution in [2.75, 3.05) is 7.11 Å². The number of rotatable bonds is 5. The summed E-state index contributed by atoms with van der Waals surface area (Å²) >= 11 is 0. The molecule has 68 valence electrons. The molecule has 2 N–H and O–H groups in total. The van der Waals surface area contributed by atoms with E-state index in [0.29, 0.717) is 18.1 Å². The molecule has 2 heteroatoms. The first kappa shape index (κ1) is 10.9. The number of hydrogen-bond donors (Lipinski definition) is 1. The molecule has 2 unspecified atom stereocenters. The van der Waals surface area contributed by atoms with E-state index >= 15 is 0 Å². The second-order valence-electron chi connectivity index (χ2n) is 3.67. The van der Waals surface area contributed by atoms with Crippen LogP contribution >= 0.6 is 0 Å². The van der Waals surface area contributed by atoms with E-state index in [2.05, 4.69) is 20.8 Å². The van der Waals surface area contributed by atoms with Gasteiger partial charge in [0.1, 0.15) is 0 Å². The molecule has 0 bridgehead atoms. The van der Waals surface area contributed by atoms with Crippen LogP contribution in [0.1, 0.15) is 33.6 Å². The fraction of sp³-hybridized carbons (Fsp3) is 1.00. The summed E-state index contributed by atoms with van der Waals surface area (Å²) in [7, 11) is 1.73. The molecule has 0 fully saturated rings. The molecule has 0 radical (unpaired) electrons. The van der Waals surface area contributed by atoms with Gasteiger partial charge in [-0.2, -0.15) is 0 Å². The lowest BCUT2D eigenvalue weighted by Crippen LogP contribution is -2.27. The Morgan fingerprint density at radius 1 is 1.18 bits per heavy atom. The molecular weight excluding hydrogens is 138 g/mol. The van der Waals surface area contributed by atoms with E-state index in [4.69, 9.17) is 10.5 Å². The maximum absolute atomic E-state index is 5.87. The normalized spacial score (nSPS) is 16.9. The minimum absolute atomic E-state index is 0.295. The zero-order chi connectivity index (χ0) is 8.85. The number of nitrogens with two attached hydrogens (primary N) is 1. The quantitative estimate of drug-likeness (QED) is 0.663. The van der Waals surface area contributed by atoms with E-state index in [9.17, 15) is 0 Å². The highest BCUT2D eigenvalue weighted by molar-refractivity contribution is 4.66. The van der Waals surface area contributed by atoms with E-state index in [-0.39, 0.29) is 0 Å². The Labute approximate surface area is 70.1 Å². The Balaban J connectivity index is 3.43. The maximum atomic E-state index is 5.87. The monoisotopic (exact) mass is 159 g/mol. The fourth-order valence-corrected chi connectivity index (χ4v) is 1.22. The molecule has 0 heterocycles. The van der Waals surface area contributed by atoms with Crippen LogP contribution in [0.4, 0.5) is 0 Å². The van der Waals surface area contributed by atoms with Crippen molar-refractivity contribution >= 4 is 0 Å². The van der Waals surface area contributed by atoms with Crippen LogP contribution in [0.5, 0.6) is 0 Å². The summed E-state index contributed by atoms with van der Waals surface area (Å²) in [5.41, 5.74) is 5.87. The average Bonchev–Trinajstić information content (AvgIpc) is 1.85.